The highest BCUT2D eigenvalue weighted by Crippen LogP contribution is 2.23. The molecule has 2 aromatic heterocycles. The van der Waals surface area contributed by atoms with Crippen molar-refractivity contribution in [1.82, 2.24) is 29.7 Å². The number of carbonyl (C=O) groups excluding carboxylic acids is 1. The molecule has 2 aromatic rings. The molecule has 178 valence electrons. The molecule has 0 saturated carbocycles. The van der Waals surface area contributed by atoms with Crippen LogP contribution in [0.4, 0.5) is 5.82 Å². The third-order valence-corrected chi connectivity index (χ3v) is 6.37. The number of amides is 1. The molecule has 1 fully saturated rings. The first-order chi connectivity index (χ1) is 15.6. The summed E-state index contributed by atoms with van der Waals surface area (Å²) in [6, 6.07) is 2.04. The smallest absolute Gasteiger partial charge is 0.236 e. The lowest BCUT2D eigenvalue weighted by molar-refractivity contribution is -0.133. The van der Waals surface area contributed by atoms with E-state index in [1.807, 2.05) is 24.1 Å². The van der Waals surface area contributed by atoms with E-state index in [0.717, 1.165) is 80.1 Å². The lowest BCUT2D eigenvalue weighted by Crippen LogP contribution is -2.52. The van der Waals surface area contributed by atoms with Gasteiger partial charge in [-0.2, -0.15) is 0 Å². The summed E-state index contributed by atoms with van der Waals surface area (Å²) in [4.78, 5) is 38.2. The zero-order valence-electron chi connectivity index (χ0n) is 20.9. The summed E-state index contributed by atoms with van der Waals surface area (Å²) in [6.45, 7) is 17.7. The van der Waals surface area contributed by atoms with E-state index < -0.39 is 0 Å². The number of piperazine rings is 1. The molecular formula is C25H37N7O. The van der Waals surface area contributed by atoms with Gasteiger partial charge < -0.3 is 9.80 Å². The molecule has 8 heteroatoms. The van der Waals surface area contributed by atoms with Crippen molar-refractivity contribution in [2.45, 2.75) is 65.8 Å². The van der Waals surface area contributed by atoms with Crippen LogP contribution in [-0.2, 0) is 23.2 Å². The summed E-state index contributed by atoms with van der Waals surface area (Å²) in [5.41, 5.74) is 3.22. The first-order valence-corrected chi connectivity index (χ1v) is 12.1. The van der Waals surface area contributed by atoms with Crippen molar-refractivity contribution < 1.29 is 4.79 Å². The van der Waals surface area contributed by atoms with Crippen molar-refractivity contribution in [3.8, 4) is 0 Å². The summed E-state index contributed by atoms with van der Waals surface area (Å²) in [7, 11) is 0. The number of anilines is 1. The number of fused-ring (bicyclic) bond motifs is 1. The number of aryl methyl sites for hydroxylation is 1. The molecular weight excluding hydrogens is 414 g/mol. The van der Waals surface area contributed by atoms with Crippen LogP contribution in [0, 0.1) is 6.92 Å². The quantitative estimate of drug-likeness (QED) is 0.707. The molecule has 0 unspecified atom stereocenters. The Morgan fingerprint density at radius 3 is 2.45 bits per heavy atom. The summed E-state index contributed by atoms with van der Waals surface area (Å²) < 4.78 is 0. The normalized spacial score (nSPS) is 17.4. The highest BCUT2D eigenvalue weighted by molar-refractivity contribution is 5.78. The monoisotopic (exact) mass is 451 g/mol. The first kappa shape index (κ1) is 23.5. The second-order valence-corrected chi connectivity index (χ2v) is 10.6. The van der Waals surface area contributed by atoms with Crippen LogP contribution in [0.25, 0.3) is 0 Å². The molecule has 2 aliphatic rings. The van der Waals surface area contributed by atoms with Gasteiger partial charge in [0, 0.05) is 86.2 Å². The standard InChI is InChI=1S/C25H37N7O/c1-17(2)23-27-18(3)13-21(29-23)31-9-11-32(12-10-31)22(33)16-30-8-7-20-19(15-30)14-26-24(28-20)25(4,5)6/h13-14,17H,7-12,15-16H2,1-6H3. The molecule has 0 spiro atoms. The van der Waals surface area contributed by atoms with Gasteiger partial charge in [0.2, 0.25) is 5.91 Å². The van der Waals surface area contributed by atoms with Gasteiger partial charge in [0.05, 0.1) is 6.54 Å². The predicted octanol–water partition coefficient (Wildman–Crippen LogP) is 2.70. The fourth-order valence-corrected chi connectivity index (χ4v) is 4.34. The first-order valence-electron chi connectivity index (χ1n) is 12.1. The van der Waals surface area contributed by atoms with Crippen molar-refractivity contribution in [1.29, 1.82) is 0 Å². The van der Waals surface area contributed by atoms with Gasteiger partial charge in [-0.25, -0.2) is 19.9 Å². The molecule has 0 radical (unpaired) electrons. The molecule has 0 aromatic carbocycles. The number of nitrogens with zero attached hydrogens (tertiary/aromatic N) is 7. The molecule has 1 saturated heterocycles. The lowest BCUT2D eigenvalue weighted by atomic mass is 9.95. The Hall–Kier alpha value is -2.61. The Balaban J connectivity index is 1.32. The van der Waals surface area contributed by atoms with E-state index >= 15 is 0 Å². The van der Waals surface area contributed by atoms with Crippen LogP contribution in [-0.4, -0.2) is 74.9 Å². The van der Waals surface area contributed by atoms with E-state index in [1.165, 1.54) is 0 Å². The average molecular weight is 452 g/mol. The molecule has 2 aliphatic heterocycles. The fourth-order valence-electron chi connectivity index (χ4n) is 4.34. The second-order valence-electron chi connectivity index (χ2n) is 10.6. The summed E-state index contributed by atoms with van der Waals surface area (Å²) in [5, 5.41) is 0. The van der Waals surface area contributed by atoms with Crippen LogP contribution >= 0.6 is 0 Å². The van der Waals surface area contributed by atoms with Crippen LogP contribution in [0.3, 0.4) is 0 Å². The lowest BCUT2D eigenvalue weighted by Gasteiger charge is -2.37. The van der Waals surface area contributed by atoms with E-state index in [0.29, 0.717) is 12.5 Å². The van der Waals surface area contributed by atoms with E-state index in [-0.39, 0.29) is 11.3 Å². The molecule has 0 atom stereocenters. The maximum absolute atomic E-state index is 13.0. The van der Waals surface area contributed by atoms with Crippen molar-refractivity contribution >= 4 is 11.7 Å². The molecule has 4 rings (SSSR count). The third-order valence-electron chi connectivity index (χ3n) is 6.37. The number of rotatable bonds is 4. The molecule has 4 heterocycles. The van der Waals surface area contributed by atoms with Crippen molar-refractivity contribution in [3.63, 3.8) is 0 Å². The van der Waals surface area contributed by atoms with Crippen LogP contribution in [0.2, 0.25) is 0 Å². The topological polar surface area (TPSA) is 78.4 Å². The number of carbonyl (C=O) groups is 1. The number of hydrogen-bond acceptors (Lipinski definition) is 7. The maximum atomic E-state index is 13.0. The van der Waals surface area contributed by atoms with Crippen molar-refractivity contribution in [2.75, 3.05) is 44.2 Å². The van der Waals surface area contributed by atoms with E-state index in [9.17, 15) is 4.79 Å². The molecule has 0 aliphatic carbocycles. The maximum Gasteiger partial charge on any atom is 0.236 e. The van der Waals surface area contributed by atoms with Gasteiger partial charge in [-0.3, -0.25) is 9.69 Å². The Morgan fingerprint density at radius 2 is 1.79 bits per heavy atom. The van der Waals surface area contributed by atoms with Gasteiger partial charge in [-0.15, -0.1) is 0 Å². The Bertz CT molecular complexity index is 1010. The highest BCUT2D eigenvalue weighted by atomic mass is 16.2. The highest BCUT2D eigenvalue weighted by Gasteiger charge is 2.27. The zero-order chi connectivity index (χ0) is 23.8. The summed E-state index contributed by atoms with van der Waals surface area (Å²) in [5.74, 6) is 3.25. The number of hydrogen-bond donors (Lipinski definition) is 0. The van der Waals surface area contributed by atoms with Crippen LogP contribution < -0.4 is 4.90 Å². The molecule has 0 N–H and O–H groups in total. The average Bonchev–Trinajstić information content (AvgIpc) is 2.77. The summed E-state index contributed by atoms with van der Waals surface area (Å²) >= 11 is 0. The minimum absolute atomic E-state index is 0.0505. The molecule has 33 heavy (non-hydrogen) atoms. The van der Waals surface area contributed by atoms with Crippen LogP contribution in [0.1, 0.15) is 69.1 Å². The fraction of sp³-hybridized carbons (Fsp3) is 0.640. The Kier molecular flexibility index (Phi) is 6.66. The Morgan fingerprint density at radius 1 is 1.06 bits per heavy atom. The Labute approximate surface area is 197 Å². The predicted molar refractivity (Wildman–Crippen MR) is 129 cm³/mol. The van der Waals surface area contributed by atoms with Gasteiger partial charge in [0.25, 0.3) is 0 Å². The minimum atomic E-state index is -0.0505. The molecule has 1 amide bonds. The second kappa shape index (κ2) is 9.33. The van der Waals surface area contributed by atoms with E-state index in [4.69, 9.17) is 9.97 Å². The zero-order valence-corrected chi connectivity index (χ0v) is 20.9. The van der Waals surface area contributed by atoms with Gasteiger partial charge >= 0.3 is 0 Å². The van der Waals surface area contributed by atoms with Crippen LogP contribution in [0.5, 0.6) is 0 Å². The molecule has 0 bridgehead atoms. The van der Waals surface area contributed by atoms with Gasteiger partial charge in [0.15, 0.2) is 0 Å². The van der Waals surface area contributed by atoms with Gasteiger partial charge in [-0.05, 0) is 6.92 Å². The van der Waals surface area contributed by atoms with Crippen molar-refractivity contribution in [2.24, 2.45) is 0 Å². The van der Waals surface area contributed by atoms with Gasteiger partial charge in [0.1, 0.15) is 17.5 Å². The van der Waals surface area contributed by atoms with Gasteiger partial charge in [-0.1, -0.05) is 34.6 Å². The van der Waals surface area contributed by atoms with Crippen LogP contribution in [0.15, 0.2) is 12.3 Å². The largest absolute Gasteiger partial charge is 0.353 e. The van der Waals surface area contributed by atoms with E-state index in [2.05, 4.69) is 54.4 Å². The summed E-state index contributed by atoms with van der Waals surface area (Å²) in [6.07, 6.45) is 2.82. The number of aromatic nitrogens is 4. The minimum Gasteiger partial charge on any atom is -0.353 e. The van der Waals surface area contributed by atoms with E-state index in [1.54, 1.807) is 0 Å². The van der Waals surface area contributed by atoms with Crippen molar-refractivity contribution in [3.05, 3.63) is 40.9 Å². The molecule has 8 nitrogen and oxygen atoms in total. The SMILES string of the molecule is Cc1cc(N2CCN(C(=O)CN3CCc4nc(C(C)(C)C)ncc4C3)CC2)nc(C(C)C)n1. The third kappa shape index (κ3) is 5.49.